The smallest absolute Gasteiger partial charge is 0.193 e. The van der Waals surface area contributed by atoms with Gasteiger partial charge in [-0.15, -0.1) is 24.0 Å². The molecule has 0 aromatic heterocycles. The van der Waals surface area contributed by atoms with Gasteiger partial charge in [-0.3, -0.25) is 4.99 Å². The summed E-state index contributed by atoms with van der Waals surface area (Å²) in [4.78, 5) is 6.80. The molecule has 1 aliphatic heterocycles. The molecule has 0 atom stereocenters. The summed E-state index contributed by atoms with van der Waals surface area (Å²) in [5.74, 6) is 1.84. The highest BCUT2D eigenvalue weighted by Gasteiger charge is 2.21. The Morgan fingerprint density at radius 2 is 1.80 bits per heavy atom. The van der Waals surface area contributed by atoms with Crippen LogP contribution in [0.1, 0.15) is 24.8 Å². The SMILES string of the molecule is CN=C(NCc1ccc2cc(OC)ccc2c1)N1CCC(OCCCOC)CC1.I. The molecule has 3 rings (SSSR count). The van der Waals surface area contributed by atoms with E-state index in [1.807, 2.05) is 13.1 Å². The van der Waals surface area contributed by atoms with Crippen LogP contribution < -0.4 is 10.1 Å². The molecule has 0 unspecified atom stereocenters. The number of guanidine groups is 1. The number of hydrogen-bond acceptors (Lipinski definition) is 4. The Kier molecular flexibility index (Phi) is 10.7. The standard InChI is InChI=1S/C23H33N3O3.HI/c1-24-23(26-11-9-21(10-12-26)29-14-4-13-27-2)25-17-18-5-6-20-16-22(28-3)8-7-19(20)15-18;/h5-8,15-16,21H,4,9-14,17H2,1-3H3,(H,24,25);1H. The predicted molar refractivity (Wildman–Crippen MR) is 133 cm³/mol. The van der Waals surface area contributed by atoms with Crippen molar-refractivity contribution in [1.82, 2.24) is 10.2 Å². The van der Waals surface area contributed by atoms with Gasteiger partial charge in [-0.1, -0.05) is 18.2 Å². The summed E-state index contributed by atoms with van der Waals surface area (Å²) >= 11 is 0. The van der Waals surface area contributed by atoms with E-state index in [4.69, 9.17) is 14.2 Å². The van der Waals surface area contributed by atoms with Crippen molar-refractivity contribution >= 4 is 40.7 Å². The molecule has 0 aliphatic carbocycles. The van der Waals surface area contributed by atoms with Gasteiger partial charge < -0.3 is 24.4 Å². The molecule has 1 aliphatic rings. The van der Waals surface area contributed by atoms with Crippen molar-refractivity contribution < 1.29 is 14.2 Å². The Balaban J connectivity index is 0.00000320. The molecule has 166 valence electrons. The maximum Gasteiger partial charge on any atom is 0.193 e. The average Bonchev–Trinajstić information content (AvgIpc) is 2.77. The molecule has 0 amide bonds. The molecule has 7 heteroatoms. The second kappa shape index (κ2) is 13.0. The molecule has 1 N–H and O–H groups in total. The number of rotatable bonds is 8. The first-order valence-corrected chi connectivity index (χ1v) is 10.4. The molecular formula is C23H34IN3O3. The Hall–Kier alpha value is -1.58. The zero-order valence-corrected chi connectivity index (χ0v) is 20.6. The second-order valence-corrected chi connectivity index (χ2v) is 7.35. The van der Waals surface area contributed by atoms with E-state index in [2.05, 4.69) is 45.5 Å². The number of ether oxygens (including phenoxy) is 3. The fourth-order valence-electron chi connectivity index (χ4n) is 3.71. The third kappa shape index (κ3) is 6.99. The average molecular weight is 527 g/mol. The lowest BCUT2D eigenvalue weighted by atomic mass is 10.1. The van der Waals surface area contributed by atoms with Gasteiger partial charge in [0.05, 0.1) is 13.2 Å². The van der Waals surface area contributed by atoms with Gasteiger partial charge in [0.2, 0.25) is 0 Å². The first-order chi connectivity index (χ1) is 14.2. The van der Waals surface area contributed by atoms with E-state index in [9.17, 15) is 0 Å². The summed E-state index contributed by atoms with van der Waals surface area (Å²) in [5, 5.41) is 5.91. The number of nitrogens with one attached hydrogen (secondary N) is 1. The summed E-state index contributed by atoms with van der Waals surface area (Å²) in [5.41, 5.74) is 1.24. The second-order valence-electron chi connectivity index (χ2n) is 7.35. The highest BCUT2D eigenvalue weighted by Crippen LogP contribution is 2.22. The van der Waals surface area contributed by atoms with Gasteiger partial charge in [0.15, 0.2) is 5.96 Å². The first-order valence-electron chi connectivity index (χ1n) is 10.4. The van der Waals surface area contributed by atoms with E-state index in [1.54, 1.807) is 14.2 Å². The topological polar surface area (TPSA) is 55.3 Å². The van der Waals surface area contributed by atoms with Crippen LogP contribution in [0.15, 0.2) is 41.4 Å². The summed E-state index contributed by atoms with van der Waals surface area (Å²) in [6.45, 7) is 4.22. The lowest BCUT2D eigenvalue weighted by molar-refractivity contribution is 0.00989. The predicted octanol–water partition coefficient (Wildman–Crippen LogP) is 4.06. The molecule has 0 saturated carbocycles. The molecule has 6 nitrogen and oxygen atoms in total. The van der Waals surface area contributed by atoms with Gasteiger partial charge in [0.25, 0.3) is 0 Å². The van der Waals surface area contributed by atoms with Gasteiger partial charge >= 0.3 is 0 Å². The Bertz CT molecular complexity index is 807. The number of hydrogen-bond donors (Lipinski definition) is 1. The molecule has 0 bridgehead atoms. The maximum atomic E-state index is 5.96. The van der Waals surface area contributed by atoms with Gasteiger partial charge in [-0.2, -0.15) is 0 Å². The number of nitrogens with zero attached hydrogens (tertiary/aromatic N) is 2. The molecule has 30 heavy (non-hydrogen) atoms. The highest BCUT2D eigenvalue weighted by molar-refractivity contribution is 14.0. The number of methoxy groups -OCH3 is 2. The number of halogens is 1. The summed E-state index contributed by atoms with van der Waals surface area (Å²) in [7, 11) is 5.27. The van der Waals surface area contributed by atoms with Crippen LogP contribution >= 0.6 is 24.0 Å². The molecule has 1 saturated heterocycles. The minimum atomic E-state index is 0. The zero-order valence-electron chi connectivity index (χ0n) is 18.2. The normalized spacial score (nSPS) is 15.2. The minimum absolute atomic E-state index is 0. The molecule has 2 aromatic rings. The van der Waals surface area contributed by atoms with Crippen molar-refractivity contribution in [3.63, 3.8) is 0 Å². The summed E-state index contributed by atoms with van der Waals surface area (Å²) < 4.78 is 16.3. The van der Waals surface area contributed by atoms with Crippen molar-refractivity contribution in [1.29, 1.82) is 0 Å². The largest absolute Gasteiger partial charge is 0.497 e. The van der Waals surface area contributed by atoms with Crippen molar-refractivity contribution in [2.45, 2.75) is 31.9 Å². The quantitative estimate of drug-likeness (QED) is 0.243. The van der Waals surface area contributed by atoms with Crippen LogP contribution in [0.2, 0.25) is 0 Å². The van der Waals surface area contributed by atoms with Crippen LogP contribution in [-0.2, 0) is 16.0 Å². The van der Waals surface area contributed by atoms with Gasteiger partial charge in [0, 0.05) is 47.0 Å². The van der Waals surface area contributed by atoms with Crippen molar-refractivity contribution in [3.05, 3.63) is 42.0 Å². The van der Waals surface area contributed by atoms with Crippen LogP contribution in [0, 0.1) is 0 Å². The molecular weight excluding hydrogens is 493 g/mol. The van der Waals surface area contributed by atoms with E-state index >= 15 is 0 Å². The van der Waals surface area contributed by atoms with Crippen LogP contribution in [-0.4, -0.2) is 64.5 Å². The van der Waals surface area contributed by atoms with Crippen LogP contribution in [0.5, 0.6) is 5.75 Å². The lowest BCUT2D eigenvalue weighted by Crippen LogP contribution is -2.46. The highest BCUT2D eigenvalue weighted by atomic mass is 127. The fourth-order valence-corrected chi connectivity index (χ4v) is 3.71. The number of benzene rings is 2. The number of piperidine rings is 1. The monoisotopic (exact) mass is 527 g/mol. The minimum Gasteiger partial charge on any atom is -0.497 e. The third-order valence-electron chi connectivity index (χ3n) is 5.36. The molecule has 1 fully saturated rings. The van der Waals surface area contributed by atoms with Crippen molar-refractivity contribution in [2.75, 3.05) is 47.6 Å². The Labute approximate surface area is 197 Å². The van der Waals surface area contributed by atoms with Crippen molar-refractivity contribution in [3.8, 4) is 5.75 Å². The zero-order chi connectivity index (χ0) is 20.5. The molecule has 1 heterocycles. The summed E-state index contributed by atoms with van der Waals surface area (Å²) in [6, 6.07) is 12.7. The number of likely N-dealkylation sites (tertiary alicyclic amines) is 1. The number of aliphatic imine (C=N–C) groups is 1. The fraction of sp³-hybridized carbons (Fsp3) is 0.522. The molecule has 0 spiro atoms. The third-order valence-corrected chi connectivity index (χ3v) is 5.36. The van der Waals surface area contributed by atoms with E-state index in [0.717, 1.165) is 63.8 Å². The maximum absolute atomic E-state index is 5.96. The van der Waals surface area contributed by atoms with Gasteiger partial charge in [-0.25, -0.2) is 0 Å². The van der Waals surface area contributed by atoms with Crippen LogP contribution in [0.25, 0.3) is 10.8 Å². The van der Waals surface area contributed by atoms with E-state index < -0.39 is 0 Å². The van der Waals surface area contributed by atoms with Gasteiger partial charge in [-0.05, 0) is 53.8 Å². The van der Waals surface area contributed by atoms with Crippen LogP contribution in [0.3, 0.4) is 0 Å². The lowest BCUT2D eigenvalue weighted by Gasteiger charge is -2.34. The van der Waals surface area contributed by atoms with Crippen molar-refractivity contribution in [2.24, 2.45) is 4.99 Å². The Morgan fingerprint density at radius 1 is 1.07 bits per heavy atom. The number of fused-ring (bicyclic) bond motifs is 1. The van der Waals surface area contributed by atoms with E-state index in [1.165, 1.54) is 16.3 Å². The Morgan fingerprint density at radius 3 is 2.50 bits per heavy atom. The van der Waals surface area contributed by atoms with E-state index in [-0.39, 0.29) is 24.0 Å². The molecule has 2 aromatic carbocycles. The van der Waals surface area contributed by atoms with E-state index in [0.29, 0.717) is 6.10 Å². The summed E-state index contributed by atoms with van der Waals surface area (Å²) in [6.07, 6.45) is 3.37. The molecule has 0 radical (unpaired) electrons. The van der Waals surface area contributed by atoms with Crippen LogP contribution in [0.4, 0.5) is 0 Å². The van der Waals surface area contributed by atoms with Gasteiger partial charge in [0.1, 0.15) is 5.75 Å². The first kappa shape index (κ1) is 24.7.